The van der Waals surface area contributed by atoms with Crippen LogP contribution in [0.15, 0.2) is 39.9 Å². The third kappa shape index (κ3) is 5.97. The number of benzene rings is 1. The van der Waals surface area contributed by atoms with Crippen molar-refractivity contribution in [1.29, 1.82) is 0 Å². The minimum atomic E-state index is -0.306. The van der Waals surface area contributed by atoms with Crippen molar-refractivity contribution in [2.45, 2.75) is 19.3 Å². The van der Waals surface area contributed by atoms with Crippen LogP contribution in [0, 0.1) is 0 Å². The summed E-state index contributed by atoms with van der Waals surface area (Å²) in [6.45, 7) is 2.62. The van der Waals surface area contributed by atoms with Gasteiger partial charge in [-0.2, -0.15) is 0 Å². The smallest absolute Gasteiger partial charge is 0.332 e. The lowest BCUT2D eigenvalue weighted by atomic mass is 10.1. The molecule has 7 heteroatoms. The number of aromatic nitrogens is 2. The van der Waals surface area contributed by atoms with Gasteiger partial charge in [-0.15, -0.1) is 0 Å². The first kappa shape index (κ1) is 21.3. The summed E-state index contributed by atoms with van der Waals surface area (Å²) in [5, 5.41) is 0.774. The van der Waals surface area contributed by atoms with E-state index >= 15 is 0 Å². The van der Waals surface area contributed by atoms with Gasteiger partial charge in [-0.3, -0.25) is 13.9 Å². The Kier molecular flexibility index (Phi) is 7.68. The third-order valence-electron chi connectivity index (χ3n) is 4.88. The van der Waals surface area contributed by atoms with E-state index in [1.165, 1.54) is 23.2 Å². The predicted octanol–water partition coefficient (Wildman–Crippen LogP) is 2.13. The summed E-state index contributed by atoms with van der Waals surface area (Å²) in [6.07, 6.45) is 3.30. The Morgan fingerprint density at radius 3 is 2.26 bits per heavy atom. The molecule has 2 aromatic rings. The van der Waals surface area contributed by atoms with Crippen LogP contribution in [-0.4, -0.2) is 47.8 Å². The van der Waals surface area contributed by atoms with Gasteiger partial charge < -0.3 is 9.80 Å². The van der Waals surface area contributed by atoms with Gasteiger partial charge >= 0.3 is 5.69 Å². The zero-order chi connectivity index (χ0) is 20.0. The summed E-state index contributed by atoms with van der Waals surface area (Å²) >= 11 is 5.91. The number of hydrogen-bond acceptors (Lipinski definition) is 4. The normalized spacial score (nSPS) is 11.2. The number of anilines is 1. The van der Waals surface area contributed by atoms with E-state index in [2.05, 4.69) is 24.1 Å². The Bertz CT molecular complexity index is 858. The Labute approximate surface area is 165 Å². The molecule has 1 aromatic heterocycles. The summed E-state index contributed by atoms with van der Waals surface area (Å²) in [7, 11) is 7.18. The van der Waals surface area contributed by atoms with Crippen molar-refractivity contribution in [3.63, 3.8) is 0 Å². The van der Waals surface area contributed by atoms with Crippen molar-refractivity contribution >= 4 is 17.4 Å². The zero-order valence-corrected chi connectivity index (χ0v) is 17.4. The number of halogens is 1. The number of likely N-dealkylation sites (N-methyl/N-ethyl adjacent to an activating group) is 2. The number of unbranched alkanes of at least 4 members (excludes halogenated alkanes) is 1. The van der Waals surface area contributed by atoms with E-state index in [-0.39, 0.29) is 11.2 Å². The van der Waals surface area contributed by atoms with Crippen molar-refractivity contribution < 1.29 is 0 Å². The second-order valence-corrected chi connectivity index (χ2v) is 7.49. The first-order valence-electron chi connectivity index (χ1n) is 9.21. The molecule has 0 bridgehead atoms. The largest absolute Gasteiger partial charge is 0.360 e. The molecule has 0 N–H and O–H groups in total. The van der Waals surface area contributed by atoms with Crippen LogP contribution >= 0.6 is 11.6 Å². The predicted molar refractivity (Wildman–Crippen MR) is 112 cm³/mol. The van der Waals surface area contributed by atoms with Gasteiger partial charge in [0, 0.05) is 45.3 Å². The molecular weight excluding hydrogens is 364 g/mol. The van der Waals surface area contributed by atoms with Crippen LogP contribution in [0.1, 0.15) is 18.4 Å². The molecule has 1 heterocycles. The van der Waals surface area contributed by atoms with E-state index < -0.39 is 0 Å². The molecule has 0 spiro atoms. The van der Waals surface area contributed by atoms with Crippen LogP contribution in [0.5, 0.6) is 0 Å². The van der Waals surface area contributed by atoms with Crippen LogP contribution in [0.2, 0.25) is 5.02 Å². The first-order valence-corrected chi connectivity index (χ1v) is 9.58. The van der Waals surface area contributed by atoms with E-state index in [0.29, 0.717) is 5.82 Å². The molecule has 0 aliphatic rings. The van der Waals surface area contributed by atoms with Crippen molar-refractivity contribution in [2.24, 2.45) is 14.1 Å². The fourth-order valence-corrected chi connectivity index (χ4v) is 3.12. The van der Waals surface area contributed by atoms with Crippen molar-refractivity contribution in [2.75, 3.05) is 38.6 Å². The lowest BCUT2D eigenvalue weighted by Crippen LogP contribution is -2.41. The molecule has 0 atom stereocenters. The molecule has 2 rings (SSSR count). The average molecular weight is 393 g/mol. The minimum Gasteiger partial charge on any atom is -0.360 e. The molecular formula is C20H29ClN4O2. The Morgan fingerprint density at radius 1 is 0.926 bits per heavy atom. The van der Waals surface area contributed by atoms with E-state index in [1.807, 2.05) is 24.1 Å². The maximum atomic E-state index is 12.0. The molecule has 0 radical (unpaired) electrons. The highest BCUT2D eigenvalue weighted by atomic mass is 35.5. The topological polar surface area (TPSA) is 50.5 Å². The Hall–Kier alpha value is -2.05. The highest BCUT2D eigenvalue weighted by Crippen LogP contribution is 2.12. The summed E-state index contributed by atoms with van der Waals surface area (Å²) in [6, 6.07) is 9.53. The van der Waals surface area contributed by atoms with Gasteiger partial charge in [-0.1, -0.05) is 23.7 Å². The van der Waals surface area contributed by atoms with Gasteiger partial charge in [0.15, 0.2) is 0 Å². The lowest BCUT2D eigenvalue weighted by molar-refractivity contribution is 0.332. The molecule has 0 aliphatic heterocycles. The monoisotopic (exact) mass is 392 g/mol. The molecule has 0 saturated heterocycles. The van der Waals surface area contributed by atoms with E-state index in [1.54, 1.807) is 7.05 Å². The number of aryl methyl sites for hydroxylation is 1. The van der Waals surface area contributed by atoms with Gasteiger partial charge in [0.2, 0.25) is 0 Å². The Balaban J connectivity index is 1.76. The van der Waals surface area contributed by atoms with E-state index in [4.69, 9.17) is 11.6 Å². The van der Waals surface area contributed by atoms with Crippen LogP contribution in [0.25, 0.3) is 0 Å². The van der Waals surface area contributed by atoms with E-state index in [0.717, 1.165) is 48.5 Å². The average Bonchev–Trinajstić information content (AvgIpc) is 2.66. The molecule has 1 aromatic carbocycles. The summed E-state index contributed by atoms with van der Waals surface area (Å²) in [4.78, 5) is 28.1. The van der Waals surface area contributed by atoms with Crippen LogP contribution in [0.3, 0.4) is 0 Å². The van der Waals surface area contributed by atoms with Crippen LogP contribution in [0.4, 0.5) is 5.82 Å². The lowest BCUT2D eigenvalue weighted by Gasteiger charge is -2.25. The molecule has 0 fully saturated rings. The molecule has 27 heavy (non-hydrogen) atoms. The third-order valence-corrected chi connectivity index (χ3v) is 5.13. The minimum absolute atomic E-state index is 0.282. The maximum absolute atomic E-state index is 12.0. The van der Waals surface area contributed by atoms with Gasteiger partial charge in [0.25, 0.3) is 5.56 Å². The van der Waals surface area contributed by atoms with Crippen molar-refractivity contribution in [3.05, 3.63) is 61.8 Å². The second kappa shape index (κ2) is 9.76. The van der Waals surface area contributed by atoms with Crippen molar-refractivity contribution in [1.82, 2.24) is 14.0 Å². The summed E-state index contributed by atoms with van der Waals surface area (Å²) < 4.78 is 2.62. The number of hydrogen-bond donors (Lipinski definition) is 0. The first-order chi connectivity index (χ1) is 12.8. The zero-order valence-electron chi connectivity index (χ0n) is 16.6. The highest BCUT2D eigenvalue weighted by molar-refractivity contribution is 6.30. The summed E-state index contributed by atoms with van der Waals surface area (Å²) in [5.74, 6) is 0.638. The quantitative estimate of drug-likeness (QED) is 0.613. The molecule has 0 saturated carbocycles. The standard InChI is InChI=1S/C20H29ClN4O2/c1-22(12-6-5-7-16-8-10-17(21)11-9-16)13-14-23(2)18-15-19(26)25(4)20(27)24(18)3/h8-11,15H,5-7,12-14H2,1-4H3. The van der Waals surface area contributed by atoms with Gasteiger partial charge in [-0.25, -0.2) is 4.79 Å². The molecule has 0 amide bonds. The van der Waals surface area contributed by atoms with Crippen molar-refractivity contribution in [3.8, 4) is 0 Å². The fourth-order valence-electron chi connectivity index (χ4n) is 3.00. The fraction of sp³-hybridized carbons (Fsp3) is 0.500. The molecule has 148 valence electrons. The Morgan fingerprint density at radius 2 is 1.59 bits per heavy atom. The van der Waals surface area contributed by atoms with Gasteiger partial charge in [0.05, 0.1) is 0 Å². The molecule has 0 unspecified atom stereocenters. The molecule has 0 aliphatic carbocycles. The molecule has 6 nitrogen and oxygen atoms in total. The van der Waals surface area contributed by atoms with Gasteiger partial charge in [0.1, 0.15) is 5.82 Å². The van der Waals surface area contributed by atoms with Gasteiger partial charge in [-0.05, 0) is 50.6 Å². The number of nitrogens with zero attached hydrogens (tertiary/aromatic N) is 4. The SMILES string of the molecule is CN(CCCCc1ccc(Cl)cc1)CCN(C)c1cc(=O)n(C)c(=O)n1C. The highest BCUT2D eigenvalue weighted by Gasteiger charge is 2.10. The summed E-state index contributed by atoms with van der Waals surface area (Å²) in [5.41, 5.74) is 0.726. The van der Waals surface area contributed by atoms with E-state index in [9.17, 15) is 9.59 Å². The number of rotatable bonds is 9. The maximum Gasteiger partial charge on any atom is 0.332 e. The second-order valence-electron chi connectivity index (χ2n) is 7.05. The van der Waals surface area contributed by atoms with Crippen LogP contribution < -0.4 is 16.1 Å². The van der Waals surface area contributed by atoms with Crippen LogP contribution in [-0.2, 0) is 20.5 Å².